The van der Waals surface area contributed by atoms with Gasteiger partial charge in [-0.2, -0.15) is 0 Å². The minimum Gasteiger partial charge on any atom is -0.317 e. The van der Waals surface area contributed by atoms with Gasteiger partial charge in [-0.05, 0) is 107 Å². The molecule has 0 aliphatic carbocycles. The summed E-state index contributed by atoms with van der Waals surface area (Å²) in [5.74, 6) is 0.800. The number of aromatic nitrogens is 2. The Morgan fingerprint density at radius 2 is 1.92 bits per heavy atom. The molecule has 8 heteroatoms. The number of halogens is 1. The monoisotopic (exact) mass is 512 g/mol. The molecular formula is C28H37FN4O2S. The summed E-state index contributed by atoms with van der Waals surface area (Å²) in [5, 5.41) is 3.93. The molecule has 2 aliphatic heterocycles. The number of hydrogen-bond acceptors (Lipinski definition) is 5. The fourth-order valence-electron chi connectivity index (χ4n) is 5.95. The van der Waals surface area contributed by atoms with Gasteiger partial charge in [-0.3, -0.25) is 4.98 Å². The van der Waals surface area contributed by atoms with Crippen molar-refractivity contribution < 1.29 is 12.8 Å². The molecule has 2 aliphatic rings. The maximum absolute atomic E-state index is 14.2. The summed E-state index contributed by atoms with van der Waals surface area (Å²) in [7, 11) is -3.68. The second-order valence-electron chi connectivity index (χ2n) is 10.9. The first-order chi connectivity index (χ1) is 17.2. The normalized spacial score (nSPS) is 20.1. The number of likely N-dealkylation sites (tertiary alicyclic amines) is 1. The average molecular weight is 513 g/mol. The lowest BCUT2D eigenvalue weighted by molar-refractivity contribution is 0.234. The van der Waals surface area contributed by atoms with Crippen LogP contribution in [0.4, 0.5) is 4.39 Å². The van der Waals surface area contributed by atoms with E-state index in [0.717, 1.165) is 61.1 Å². The van der Waals surface area contributed by atoms with Gasteiger partial charge in [0.05, 0.1) is 27.5 Å². The Bertz CT molecular complexity index is 1350. The standard InChI is InChI=1S/C28H37FN4O2S/c1-19(2)36(34,35)27-13-24(29)4-5-25(27)33-18-23(28-20(3)14-31-15-26(28)33)12-22-8-11-32(17-22)16-21-6-9-30-10-7-21/h4-5,13-15,18-19,21-22,30H,6-12,16-17H2,1-3H3. The van der Waals surface area contributed by atoms with E-state index in [-0.39, 0.29) is 4.90 Å². The summed E-state index contributed by atoms with van der Waals surface area (Å²) in [4.78, 5) is 7.06. The fourth-order valence-corrected chi connectivity index (χ4v) is 7.19. The van der Waals surface area contributed by atoms with Gasteiger partial charge in [-0.25, -0.2) is 12.8 Å². The highest BCUT2D eigenvalue weighted by Gasteiger charge is 2.29. The van der Waals surface area contributed by atoms with Crippen LogP contribution in [0.15, 0.2) is 41.7 Å². The number of benzene rings is 1. The molecule has 6 nitrogen and oxygen atoms in total. The number of nitrogens with one attached hydrogen (secondary N) is 1. The van der Waals surface area contributed by atoms with Crippen LogP contribution in [0.25, 0.3) is 16.6 Å². The predicted octanol–water partition coefficient (Wildman–Crippen LogP) is 4.52. The van der Waals surface area contributed by atoms with Crippen molar-refractivity contribution in [1.82, 2.24) is 19.8 Å². The largest absolute Gasteiger partial charge is 0.317 e. The van der Waals surface area contributed by atoms with Gasteiger partial charge in [0.15, 0.2) is 9.84 Å². The highest BCUT2D eigenvalue weighted by atomic mass is 32.2. The van der Waals surface area contributed by atoms with E-state index < -0.39 is 20.9 Å². The van der Waals surface area contributed by atoms with Gasteiger partial charge in [-0.15, -0.1) is 0 Å². The third-order valence-electron chi connectivity index (χ3n) is 7.94. The summed E-state index contributed by atoms with van der Waals surface area (Å²) in [6.07, 6.45) is 10.3. The van der Waals surface area contributed by atoms with Gasteiger partial charge in [0.1, 0.15) is 5.82 Å². The van der Waals surface area contributed by atoms with E-state index in [1.165, 1.54) is 37.4 Å². The van der Waals surface area contributed by atoms with Gasteiger partial charge in [0.2, 0.25) is 0 Å². The first kappa shape index (κ1) is 25.4. The summed E-state index contributed by atoms with van der Waals surface area (Å²) < 4.78 is 42.4. The van der Waals surface area contributed by atoms with Crippen LogP contribution in [0.5, 0.6) is 0 Å². The molecule has 5 rings (SSSR count). The maximum Gasteiger partial charge on any atom is 0.182 e. The van der Waals surface area contributed by atoms with Gasteiger partial charge in [0, 0.05) is 30.9 Å². The molecule has 0 amide bonds. The Morgan fingerprint density at radius 1 is 1.14 bits per heavy atom. The highest BCUT2D eigenvalue weighted by molar-refractivity contribution is 7.92. The van der Waals surface area contributed by atoms with Crippen LogP contribution in [-0.2, 0) is 16.3 Å². The van der Waals surface area contributed by atoms with Crippen molar-refractivity contribution in [2.24, 2.45) is 11.8 Å². The molecule has 0 saturated carbocycles. The van der Waals surface area contributed by atoms with Crippen molar-refractivity contribution in [3.63, 3.8) is 0 Å². The summed E-state index contributed by atoms with van der Waals surface area (Å²) >= 11 is 0. The molecular weight excluding hydrogens is 475 g/mol. The quantitative estimate of drug-likeness (QED) is 0.504. The SMILES string of the molecule is Cc1cncc2c1c(CC1CCN(CC3CCNCC3)C1)cn2-c1ccc(F)cc1S(=O)(=O)C(C)C. The Labute approximate surface area is 213 Å². The number of nitrogens with zero attached hydrogens (tertiary/aromatic N) is 3. The van der Waals surface area contributed by atoms with Crippen LogP contribution in [0, 0.1) is 24.6 Å². The molecule has 1 aromatic carbocycles. The molecule has 2 fully saturated rings. The van der Waals surface area contributed by atoms with E-state index in [1.807, 2.05) is 10.8 Å². The third-order valence-corrected chi connectivity index (χ3v) is 10.1. The van der Waals surface area contributed by atoms with E-state index in [9.17, 15) is 12.8 Å². The molecule has 3 aromatic rings. The van der Waals surface area contributed by atoms with Crippen LogP contribution in [0.2, 0.25) is 0 Å². The molecule has 2 saturated heterocycles. The molecule has 0 radical (unpaired) electrons. The Balaban J connectivity index is 1.47. The lowest BCUT2D eigenvalue weighted by Crippen LogP contribution is -2.35. The van der Waals surface area contributed by atoms with Crippen LogP contribution in [-0.4, -0.2) is 60.8 Å². The molecule has 194 valence electrons. The number of fused-ring (bicyclic) bond motifs is 1. The second-order valence-corrected chi connectivity index (χ2v) is 13.4. The smallest absolute Gasteiger partial charge is 0.182 e. The zero-order valence-corrected chi connectivity index (χ0v) is 22.3. The van der Waals surface area contributed by atoms with E-state index in [2.05, 4.69) is 28.3 Å². The topological polar surface area (TPSA) is 67.2 Å². The molecule has 2 aromatic heterocycles. The Hall–Kier alpha value is -2.29. The van der Waals surface area contributed by atoms with Crippen molar-refractivity contribution in [2.75, 3.05) is 32.7 Å². The Kier molecular flexibility index (Phi) is 7.21. The molecule has 1 atom stereocenters. The van der Waals surface area contributed by atoms with Crippen LogP contribution < -0.4 is 5.32 Å². The van der Waals surface area contributed by atoms with Crippen molar-refractivity contribution in [1.29, 1.82) is 0 Å². The van der Waals surface area contributed by atoms with Gasteiger partial charge >= 0.3 is 0 Å². The molecule has 36 heavy (non-hydrogen) atoms. The van der Waals surface area contributed by atoms with Gasteiger partial charge < -0.3 is 14.8 Å². The number of rotatable bonds is 7. The first-order valence-corrected chi connectivity index (χ1v) is 14.7. The van der Waals surface area contributed by atoms with Crippen molar-refractivity contribution >= 4 is 20.7 Å². The summed E-state index contributed by atoms with van der Waals surface area (Å²) in [6.45, 7) is 11.0. The molecule has 4 heterocycles. The van der Waals surface area contributed by atoms with E-state index >= 15 is 0 Å². The fraction of sp³-hybridized carbons (Fsp3) is 0.536. The third kappa shape index (κ3) is 4.95. The van der Waals surface area contributed by atoms with Crippen molar-refractivity contribution in [2.45, 2.75) is 56.6 Å². The number of piperidine rings is 1. The molecule has 1 unspecified atom stereocenters. The number of aryl methyl sites for hydroxylation is 1. The van der Waals surface area contributed by atoms with E-state index in [0.29, 0.717) is 11.6 Å². The minimum absolute atomic E-state index is 0.0245. The highest BCUT2D eigenvalue weighted by Crippen LogP contribution is 2.34. The minimum atomic E-state index is -3.68. The van der Waals surface area contributed by atoms with Crippen LogP contribution >= 0.6 is 0 Å². The van der Waals surface area contributed by atoms with Gasteiger partial charge in [-0.1, -0.05) is 0 Å². The lowest BCUT2D eigenvalue weighted by Gasteiger charge is -2.27. The van der Waals surface area contributed by atoms with Gasteiger partial charge in [0.25, 0.3) is 0 Å². The summed E-state index contributed by atoms with van der Waals surface area (Å²) in [5.41, 5.74) is 3.62. The zero-order valence-electron chi connectivity index (χ0n) is 21.5. The first-order valence-electron chi connectivity index (χ1n) is 13.2. The van der Waals surface area contributed by atoms with Crippen LogP contribution in [0.1, 0.15) is 44.2 Å². The summed E-state index contributed by atoms with van der Waals surface area (Å²) in [6, 6.07) is 4.06. The van der Waals surface area contributed by atoms with Crippen molar-refractivity contribution in [3.8, 4) is 5.69 Å². The second kappa shape index (κ2) is 10.2. The molecule has 0 bridgehead atoms. The molecule has 1 N–H and O–H groups in total. The maximum atomic E-state index is 14.2. The number of pyridine rings is 1. The van der Waals surface area contributed by atoms with E-state index in [4.69, 9.17) is 0 Å². The Morgan fingerprint density at radius 3 is 2.67 bits per heavy atom. The lowest BCUT2D eigenvalue weighted by atomic mass is 9.96. The number of hydrogen-bond donors (Lipinski definition) is 1. The zero-order chi connectivity index (χ0) is 25.4. The number of sulfone groups is 1. The molecule has 0 spiro atoms. The predicted molar refractivity (Wildman–Crippen MR) is 142 cm³/mol. The average Bonchev–Trinajstić information content (AvgIpc) is 3.45. The van der Waals surface area contributed by atoms with E-state index in [1.54, 1.807) is 26.1 Å². The van der Waals surface area contributed by atoms with Crippen molar-refractivity contribution in [3.05, 3.63) is 53.7 Å². The van der Waals surface area contributed by atoms with Crippen LogP contribution in [0.3, 0.4) is 0 Å².